The summed E-state index contributed by atoms with van der Waals surface area (Å²) in [5, 5.41) is 3.15. The molecule has 1 heterocycles. The van der Waals surface area contributed by atoms with Crippen LogP contribution in [0.15, 0.2) is 36.4 Å². The molecule has 0 saturated carbocycles. The SMILES string of the molecule is CCc1cc(CNC)cc(N(C)c2ccc(F)cc2)n1. The maximum Gasteiger partial charge on any atom is 0.133 e. The van der Waals surface area contributed by atoms with E-state index in [1.165, 1.54) is 17.7 Å². The Morgan fingerprint density at radius 3 is 2.50 bits per heavy atom. The normalized spacial score (nSPS) is 10.6. The Morgan fingerprint density at radius 2 is 1.90 bits per heavy atom. The third-order valence-electron chi connectivity index (χ3n) is 3.23. The molecule has 0 atom stereocenters. The minimum absolute atomic E-state index is 0.228. The number of hydrogen-bond donors (Lipinski definition) is 1. The Morgan fingerprint density at radius 1 is 1.20 bits per heavy atom. The standard InChI is InChI=1S/C16H20FN3/c1-4-14-9-12(11-18-2)10-16(19-14)20(3)15-7-5-13(17)6-8-15/h5-10,18H,4,11H2,1-3H3. The predicted octanol–water partition coefficient (Wildman–Crippen LogP) is 3.27. The lowest BCUT2D eigenvalue weighted by molar-refractivity contribution is 0.628. The van der Waals surface area contributed by atoms with Crippen LogP contribution in [0.25, 0.3) is 0 Å². The van der Waals surface area contributed by atoms with Crippen molar-refractivity contribution in [2.75, 3.05) is 19.0 Å². The molecule has 0 aliphatic rings. The van der Waals surface area contributed by atoms with Crippen LogP contribution in [-0.2, 0) is 13.0 Å². The van der Waals surface area contributed by atoms with Crippen molar-refractivity contribution in [3.63, 3.8) is 0 Å². The van der Waals surface area contributed by atoms with Gasteiger partial charge in [0.05, 0.1) is 0 Å². The molecular formula is C16H20FN3. The molecule has 0 amide bonds. The quantitative estimate of drug-likeness (QED) is 0.906. The van der Waals surface area contributed by atoms with Gasteiger partial charge in [-0.25, -0.2) is 9.37 Å². The van der Waals surface area contributed by atoms with E-state index in [-0.39, 0.29) is 5.82 Å². The highest BCUT2D eigenvalue weighted by Crippen LogP contribution is 2.23. The molecule has 1 N–H and O–H groups in total. The van der Waals surface area contributed by atoms with Gasteiger partial charge in [-0.05, 0) is 55.4 Å². The molecule has 0 aliphatic heterocycles. The minimum Gasteiger partial charge on any atom is -0.329 e. The van der Waals surface area contributed by atoms with Gasteiger partial charge >= 0.3 is 0 Å². The second-order valence-corrected chi connectivity index (χ2v) is 4.74. The zero-order valence-corrected chi connectivity index (χ0v) is 12.2. The highest BCUT2D eigenvalue weighted by molar-refractivity contribution is 5.59. The number of halogens is 1. The van der Waals surface area contributed by atoms with Crippen LogP contribution >= 0.6 is 0 Å². The topological polar surface area (TPSA) is 28.2 Å². The fraction of sp³-hybridized carbons (Fsp3) is 0.312. The van der Waals surface area contributed by atoms with Crippen LogP contribution in [0.4, 0.5) is 15.9 Å². The Balaban J connectivity index is 2.34. The summed E-state index contributed by atoms with van der Waals surface area (Å²) in [7, 11) is 3.87. The average molecular weight is 273 g/mol. The molecule has 2 rings (SSSR count). The van der Waals surface area contributed by atoms with Crippen molar-refractivity contribution < 1.29 is 4.39 Å². The summed E-state index contributed by atoms with van der Waals surface area (Å²) in [5.74, 6) is 0.648. The Hall–Kier alpha value is -1.94. The first-order valence-corrected chi connectivity index (χ1v) is 6.77. The fourth-order valence-electron chi connectivity index (χ4n) is 2.09. The lowest BCUT2D eigenvalue weighted by atomic mass is 10.2. The molecule has 3 nitrogen and oxygen atoms in total. The Labute approximate surface area is 119 Å². The van der Waals surface area contributed by atoms with Crippen molar-refractivity contribution in [2.24, 2.45) is 0 Å². The van der Waals surface area contributed by atoms with E-state index in [9.17, 15) is 4.39 Å². The van der Waals surface area contributed by atoms with E-state index in [1.54, 1.807) is 12.1 Å². The molecule has 1 aromatic heterocycles. The molecule has 0 radical (unpaired) electrons. The highest BCUT2D eigenvalue weighted by Gasteiger charge is 2.08. The van der Waals surface area contributed by atoms with Crippen LogP contribution in [0.1, 0.15) is 18.2 Å². The summed E-state index contributed by atoms with van der Waals surface area (Å²) in [6, 6.07) is 10.6. The maximum atomic E-state index is 13.0. The summed E-state index contributed by atoms with van der Waals surface area (Å²) in [6.07, 6.45) is 0.891. The molecule has 106 valence electrons. The maximum absolute atomic E-state index is 13.0. The number of nitrogens with zero attached hydrogens (tertiary/aromatic N) is 2. The fourth-order valence-corrected chi connectivity index (χ4v) is 2.09. The first kappa shape index (κ1) is 14.5. The first-order valence-electron chi connectivity index (χ1n) is 6.77. The summed E-state index contributed by atoms with van der Waals surface area (Å²) < 4.78 is 13.0. The molecule has 0 fully saturated rings. The van der Waals surface area contributed by atoms with Gasteiger partial charge in [-0.2, -0.15) is 0 Å². The molecule has 20 heavy (non-hydrogen) atoms. The largest absolute Gasteiger partial charge is 0.329 e. The van der Waals surface area contributed by atoms with Gasteiger partial charge in [0.2, 0.25) is 0 Å². The summed E-state index contributed by atoms with van der Waals surface area (Å²) in [6.45, 7) is 2.90. The van der Waals surface area contributed by atoms with E-state index in [0.29, 0.717) is 0 Å². The lowest BCUT2D eigenvalue weighted by Crippen LogP contribution is -2.14. The van der Waals surface area contributed by atoms with Crippen LogP contribution in [0.2, 0.25) is 0 Å². The van der Waals surface area contributed by atoms with Crippen LogP contribution in [0, 0.1) is 5.82 Å². The molecule has 0 spiro atoms. The van der Waals surface area contributed by atoms with Crippen LogP contribution < -0.4 is 10.2 Å². The first-order chi connectivity index (χ1) is 9.63. The molecular weight excluding hydrogens is 253 g/mol. The van der Waals surface area contributed by atoms with Crippen molar-refractivity contribution >= 4 is 11.5 Å². The number of aryl methyl sites for hydroxylation is 1. The second-order valence-electron chi connectivity index (χ2n) is 4.74. The monoisotopic (exact) mass is 273 g/mol. The van der Waals surface area contributed by atoms with Crippen LogP contribution in [0.5, 0.6) is 0 Å². The molecule has 0 saturated heterocycles. The second kappa shape index (κ2) is 6.48. The number of rotatable bonds is 5. The van der Waals surface area contributed by atoms with Crippen molar-refractivity contribution in [3.05, 3.63) is 53.5 Å². The van der Waals surface area contributed by atoms with Gasteiger partial charge in [-0.1, -0.05) is 6.92 Å². The lowest BCUT2D eigenvalue weighted by Gasteiger charge is -2.20. The zero-order chi connectivity index (χ0) is 14.5. The number of anilines is 2. The number of pyridine rings is 1. The predicted molar refractivity (Wildman–Crippen MR) is 80.8 cm³/mol. The number of nitrogens with one attached hydrogen (secondary N) is 1. The van der Waals surface area contributed by atoms with Gasteiger partial charge < -0.3 is 10.2 Å². The average Bonchev–Trinajstić information content (AvgIpc) is 2.47. The van der Waals surface area contributed by atoms with E-state index >= 15 is 0 Å². The van der Waals surface area contributed by atoms with Crippen molar-refractivity contribution in [1.82, 2.24) is 10.3 Å². The van der Waals surface area contributed by atoms with E-state index in [1.807, 2.05) is 19.0 Å². The Bertz CT molecular complexity index is 566. The van der Waals surface area contributed by atoms with E-state index in [2.05, 4.69) is 29.4 Å². The molecule has 4 heteroatoms. The summed E-state index contributed by atoms with van der Waals surface area (Å²) in [4.78, 5) is 6.61. The van der Waals surface area contributed by atoms with Gasteiger partial charge in [-0.15, -0.1) is 0 Å². The van der Waals surface area contributed by atoms with Gasteiger partial charge in [-0.3, -0.25) is 0 Å². The van der Waals surface area contributed by atoms with Gasteiger partial charge in [0.1, 0.15) is 11.6 Å². The van der Waals surface area contributed by atoms with E-state index in [4.69, 9.17) is 0 Å². The molecule has 0 unspecified atom stereocenters. The van der Waals surface area contributed by atoms with Crippen molar-refractivity contribution in [3.8, 4) is 0 Å². The van der Waals surface area contributed by atoms with Crippen molar-refractivity contribution in [2.45, 2.75) is 19.9 Å². The smallest absolute Gasteiger partial charge is 0.133 e. The number of aromatic nitrogens is 1. The molecule has 0 aliphatic carbocycles. The minimum atomic E-state index is -0.228. The summed E-state index contributed by atoms with van der Waals surface area (Å²) >= 11 is 0. The van der Waals surface area contributed by atoms with Gasteiger partial charge in [0.15, 0.2) is 0 Å². The zero-order valence-electron chi connectivity index (χ0n) is 12.2. The van der Waals surface area contributed by atoms with Crippen LogP contribution in [0.3, 0.4) is 0 Å². The van der Waals surface area contributed by atoms with Crippen LogP contribution in [-0.4, -0.2) is 19.1 Å². The molecule has 0 bridgehead atoms. The molecule has 1 aromatic carbocycles. The summed E-state index contributed by atoms with van der Waals surface area (Å²) in [5.41, 5.74) is 3.17. The van der Waals surface area contributed by atoms with Gasteiger partial charge in [0.25, 0.3) is 0 Å². The van der Waals surface area contributed by atoms with E-state index < -0.39 is 0 Å². The Kier molecular flexibility index (Phi) is 4.69. The van der Waals surface area contributed by atoms with Gasteiger partial charge in [0, 0.05) is 25.0 Å². The highest BCUT2D eigenvalue weighted by atomic mass is 19.1. The van der Waals surface area contributed by atoms with Crippen molar-refractivity contribution in [1.29, 1.82) is 0 Å². The number of benzene rings is 1. The number of hydrogen-bond acceptors (Lipinski definition) is 3. The van der Waals surface area contributed by atoms with E-state index in [0.717, 1.165) is 30.2 Å². The molecule has 2 aromatic rings. The third kappa shape index (κ3) is 3.33. The third-order valence-corrected chi connectivity index (χ3v) is 3.23.